The van der Waals surface area contributed by atoms with E-state index in [0.29, 0.717) is 6.42 Å². The van der Waals surface area contributed by atoms with Gasteiger partial charge in [-0.05, 0) is 24.1 Å². The van der Waals surface area contributed by atoms with Gasteiger partial charge in [0.25, 0.3) is 0 Å². The van der Waals surface area contributed by atoms with Crippen molar-refractivity contribution in [2.45, 2.75) is 11.3 Å². The molecule has 0 saturated carbocycles. The second-order valence-electron chi connectivity index (χ2n) is 3.31. The Kier molecular flexibility index (Phi) is 5.14. The Morgan fingerprint density at radius 1 is 1.44 bits per heavy atom. The van der Waals surface area contributed by atoms with Gasteiger partial charge < -0.3 is 0 Å². The number of hydrogen-bond donors (Lipinski definition) is 1. The van der Waals surface area contributed by atoms with Crippen molar-refractivity contribution in [3.8, 4) is 6.07 Å². The Balaban J connectivity index is 2.75. The molecule has 0 aromatic heterocycles. The van der Waals surface area contributed by atoms with E-state index in [0.717, 1.165) is 0 Å². The fourth-order valence-electron chi connectivity index (χ4n) is 1.27. The Morgan fingerprint density at radius 3 is 2.83 bits per heavy atom. The highest BCUT2D eigenvalue weighted by Crippen LogP contribution is 2.13. The Labute approximate surface area is 105 Å². The lowest BCUT2D eigenvalue weighted by Crippen LogP contribution is -2.25. The number of nitrogens with one attached hydrogen (secondary N) is 1. The normalized spacial score (nSPS) is 10.4. The van der Waals surface area contributed by atoms with Crippen molar-refractivity contribution in [3.05, 3.63) is 40.3 Å². The number of benzene rings is 1. The average molecular weight is 265 g/mol. The maximum atomic E-state index is 11.9. The third-order valence-electron chi connectivity index (χ3n) is 2.09. The van der Waals surface area contributed by atoms with Gasteiger partial charge in [0.2, 0.25) is 10.0 Å². The molecule has 8 heteroatoms. The van der Waals surface area contributed by atoms with E-state index in [1.165, 1.54) is 12.1 Å². The van der Waals surface area contributed by atoms with Crippen molar-refractivity contribution < 1.29 is 8.42 Å². The van der Waals surface area contributed by atoms with Gasteiger partial charge in [-0.25, -0.2) is 13.1 Å². The van der Waals surface area contributed by atoms with Crippen LogP contribution in [0.2, 0.25) is 0 Å². The van der Waals surface area contributed by atoms with Crippen molar-refractivity contribution in [1.82, 2.24) is 4.72 Å². The summed E-state index contributed by atoms with van der Waals surface area (Å²) in [6.07, 6.45) is 0.401. The number of rotatable bonds is 6. The number of azide groups is 1. The third-order valence-corrected chi connectivity index (χ3v) is 3.61. The minimum absolute atomic E-state index is 0.0451. The molecule has 0 heterocycles. The minimum Gasteiger partial charge on any atom is -0.211 e. The molecule has 0 amide bonds. The van der Waals surface area contributed by atoms with Crippen molar-refractivity contribution in [3.63, 3.8) is 0 Å². The Bertz CT molecular complexity index is 599. The minimum atomic E-state index is -3.70. The first-order chi connectivity index (χ1) is 8.61. The number of sulfonamides is 1. The molecule has 7 nitrogen and oxygen atoms in total. The highest BCUT2D eigenvalue weighted by Gasteiger charge is 2.16. The molecular weight excluding hydrogens is 254 g/mol. The highest BCUT2D eigenvalue weighted by molar-refractivity contribution is 7.89. The molecule has 0 aliphatic rings. The van der Waals surface area contributed by atoms with Gasteiger partial charge >= 0.3 is 0 Å². The quantitative estimate of drug-likeness (QED) is 0.363. The van der Waals surface area contributed by atoms with Gasteiger partial charge in [0.05, 0.1) is 10.5 Å². The summed E-state index contributed by atoms with van der Waals surface area (Å²) in [7, 11) is -3.70. The van der Waals surface area contributed by atoms with Gasteiger partial charge in [0.15, 0.2) is 0 Å². The summed E-state index contributed by atoms with van der Waals surface area (Å²) >= 11 is 0. The standard InChI is InChI=1S/C10H11N5O2S/c11-8-9-4-1-2-5-10(9)18(16,17)14-7-3-6-13-15-12/h1-2,4-5,14H,3,6-7H2. The maximum Gasteiger partial charge on any atom is 0.241 e. The van der Waals surface area contributed by atoms with Crippen LogP contribution in [0.5, 0.6) is 0 Å². The van der Waals surface area contributed by atoms with Crippen LogP contribution in [0.1, 0.15) is 12.0 Å². The van der Waals surface area contributed by atoms with E-state index in [2.05, 4.69) is 14.7 Å². The number of nitriles is 1. The zero-order valence-corrected chi connectivity index (χ0v) is 10.3. The van der Waals surface area contributed by atoms with E-state index in [4.69, 9.17) is 10.8 Å². The van der Waals surface area contributed by atoms with Crippen LogP contribution < -0.4 is 4.72 Å². The third kappa shape index (κ3) is 3.75. The summed E-state index contributed by atoms with van der Waals surface area (Å²) in [6.45, 7) is 0.375. The molecule has 0 bridgehead atoms. The number of hydrogen-bond acceptors (Lipinski definition) is 4. The van der Waals surface area contributed by atoms with Gasteiger partial charge in [0, 0.05) is 18.0 Å². The van der Waals surface area contributed by atoms with Gasteiger partial charge in [-0.3, -0.25) is 0 Å². The van der Waals surface area contributed by atoms with E-state index >= 15 is 0 Å². The molecule has 0 radical (unpaired) electrons. The topological polar surface area (TPSA) is 119 Å². The second kappa shape index (κ2) is 6.61. The molecule has 0 fully saturated rings. The molecule has 0 unspecified atom stereocenters. The molecule has 0 spiro atoms. The predicted octanol–water partition coefficient (Wildman–Crippen LogP) is 1.54. The van der Waals surface area contributed by atoms with Crippen LogP contribution in [0, 0.1) is 11.3 Å². The first kappa shape index (κ1) is 14.0. The summed E-state index contributed by atoms with van der Waals surface area (Å²) in [5.41, 5.74) is 8.15. The Morgan fingerprint density at radius 2 is 2.17 bits per heavy atom. The lowest BCUT2D eigenvalue weighted by molar-refractivity contribution is 0.579. The lowest BCUT2D eigenvalue weighted by Gasteiger charge is -2.06. The van der Waals surface area contributed by atoms with Crippen LogP contribution in [0.15, 0.2) is 34.3 Å². The maximum absolute atomic E-state index is 11.9. The van der Waals surface area contributed by atoms with Crippen molar-refractivity contribution in [2.75, 3.05) is 13.1 Å². The largest absolute Gasteiger partial charge is 0.241 e. The number of nitrogens with zero attached hydrogens (tertiary/aromatic N) is 4. The van der Waals surface area contributed by atoms with Crippen LogP contribution in [-0.4, -0.2) is 21.5 Å². The highest BCUT2D eigenvalue weighted by atomic mass is 32.2. The zero-order chi connectivity index (χ0) is 13.4. The molecule has 1 aromatic rings. The van der Waals surface area contributed by atoms with E-state index in [1.54, 1.807) is 12.1 Å². The summed E-state index contributed by atoms with van der Waals surface area (Å²) in [4.78, 5) is 2.51. The summed E-state index contributed by atoms with van der Waals surface area (Å²) < 4.78 is 26.1. The summed E-state index contributed by atoms with van der Waals surface area (Å²) in [5.74, 6) is 0. The zero-order valence-electron chi connectivity index (χ0n) is 9.44. The Hall–Kier alpha value is -2.07. The molecular formula is C10H11N5O2S. The average Bonchev–Trinajstić information content (AvgIpc) is 2.38. The van der Waals surface area contributed by atoms with Crippen LogP contribution in [-0.2, 0) is 10.0 Å². The van der Waals surface area contributed by atoms with E-state index in [-0.39, 0.29) is 23.5 Å². The first-order valence-electron chi connectivity index (χ1n) is 5.11. The molecule has 1 aromatic carbocycles. The second-order valence-corrected chi connectivity index (χ2v) is 5.05. The summed E-state index contributed by atoms with van der Waals surface area (Å²) in [5, 5.41) is 12.1. The van der Waals surface area contributed by atoms with Crippen molar-refractivity contribution in [1.29, 1.82) is 5.26 Å². The first-order valence-corrected chi connectivity index (χ1v) is 6.60. The molecule has 0 saturated heterocycles. The fourth-order valence-corrected chi connectivity index (χ4v) is 2.50. The van der Waals surface area contributed by atoms with Crippen LogP contribution in [0.3, 0.4) is 0 Å². The van der Waals surface area contributed by atoms with Crippen LogP contribution >= 0.6 is 0 Å². The monoisotopic (exact) mass is 265 g/mol. The molecule has 0 atom stereocenters. The van der Waals surface area contributed by atoms with Gasteiger partial charge in [-0.15, -0.1) is 0 Å². The molecule has 18 heavy (non-hydrogen) atoms. The molecule has 0 aliphatic carbocycles. The predicted molar refractivity (Wildman–Crippen MR) is 65.0 cm³/mol. The molecule has 1 N–H and O–H groups in total. The van der Waals surface area contributed by atoms with Gasteiger partial charge in [0.1, 0.15) is 6.07 Å². The van der Waals surface area contributed by atoms with E-state index in [1.807, 2.05) is 6.07 Å². The molecule has 94 valence electrons. The fraction of sp³-hybridized carbons (Fsp3) is 0.300. The lowest BCUT2D eigenvalue weighted by atomic mass is 10.2. The smallest absolute Gasteiger partial charge is 0.211 e. The van der Waals surface area contributed by atoms with Crippen LogP contribution in [0.4, 0.5) is 0 Å². The van der Waals surface area contributed by atoms with Gasteiger partial charge in [-0.2, -0.15) is 5.26 Å². The van der Waals surface area contributed by atoms with Crippen molar-refractivity contribution >= 4 is 10.0 Å². The van der Waals surface area contributed by atoms with Crippen molar-refractivity contribution in [2.24, 2.45) is 5.11 Å². The van der Waals surface area contributed by atoms with E-state index < -0.39 is 10.0 Å². The SMILES string of the molecule is N#Cc1ccccc1S(=O)(=O)NCCCN=[N+]=[N-]. The van der Waals surface area contributed by atoms with Gasteiger partial charge in [-0.1, -0.05) is 17.2 Å². The van der Waals surface area contributed by atoms with E-state index in [9.17, 15) is 8.42 Å². The summed E-state index contributed by atoms with van der Waals surface area (Å²) in [6, 6.07) is 7.78. The molecule has 0 aliphatic heterocycles. The molecule has 1 rings (SSSR count). The van der Waals surface area contributed by atoms with Crippen LogP contribution in [0.25, 0.3) is 10.4 Å².